The number of rotatable bonds is 2. The molecule has 4 heterocycles. The second-order valence-corrected chi connectivity index (χ2v) is 6.95. The maximum Gasteiger partial charge on any atom is 0.221 e. The van der Waals surface area contributed by atoms with Gasteiger partial charge in [0.05, 0.1) is 23.6 Å². The van der Waals surface area contributed by atoms with Crippen LogP contribution in [-0.4, -0.2) is 25.1 Å². The van der Waals surface area contributed by atoms with Crippen LogP contribution in [0.4, 0.5) is 0 Å². The largest absolute Gasteiger partial charge is 0.350 e. The molecule has 1 aliphatic rings. The lowest BCUT2D eigenvalue weighted by atomic mass is 9.91. The fourth-order valence-corrected chi connectivity index (χ4v) is 4.20. The van der Waals surface area contributed by atoms with Crippen LogP contribution in [0.3, 0.4) is 0 Å². The molecule has 0 radical (unpaired) electrons. The van der Waals surface area contributed by atoms with Gasteiger partial charge in [-0.05, 0) is 23.8 Å². The van der Waals surface area contributed by atoms with Crippen molar-refractivity contribution >= 4 is 22.2 Å². The van der Waals surface area contributed by atoms with Gasteiger partial charge in [-0.3, -0.25) is 9.20 Å². The van der Waals surface area contributed by atoms with Crippen molar-refractivity contribution in [3.63, 3.8) is 0 Å². The van der Waals surface area contributed by atoms with Crippen molar-refractivity contribution < 1.29 is 4.79 Å². The van der Waals surface area contributed by atoms with E-state index in [2.05, 4.69) is 26.9 Å². The number of benzene rings is 1. The van der Waals surface area contributed by atoms with Crippen LogP contribution in [-0.2, 0) is 11.3 Å². The zero-order valence-corrected chi connectivity index (χ0v) is 14.1. The Morgan fingerprint density at radius 2 is 2.20 bits per heavy atom. The van der Waals surface area contributed by atoms with Gasteiger partial charge in [0.2, 0.25) is 5.91 Å². The van der Waals surface area contributed by atoms with Crippen LogP contribution in [0.5, 0.6) is 0 Å². The predicted molar refractivity (Wildman–Crippen MR) is 94.9 cm³/mol. The molecule has 5 rings (SSSR count). The molecular formula is C18H15N5OS. The molecule has 25 heavy (non-hydrogen) atoms. The number of aromatic nitrogens is 4. The van der Waals surface area contributed by atoms with E-state index in [1.807, 2.05) is 40.7 Å². The van der Waals surface area contributed by atoms with Gasteiger partial charge < -0.3 is 5.32 Å². The average molecular weight is 349 g/mol. The van der Waals surface area contributed by atoms with Crippen LogP contribution in [0, 0.1) is 0 Å². The number of carbonyl (C=O) groups excluding carboxylic acids is 1. The maximum atomic E-state index is 12.3. The lowest BCUT2D eigenvalue weighted by molar-refractivity contribution is -0.121. The number of hydrogen-bond acceptors (Lipinski definition) is 4. The van der Waals surface area contributed by atoms with Crippen LogP contribution in [0.1, 0.15) is 29.3 Å². The highest BCUT2D eigenvalue weighted by atomic mass is 32.1. The summed E-state index contributed by atoms with van der Waals surface area (Å²) in [6, 6.07) is 10.1. The number of hydrogen-bond donors (Lipinski definition) is 1. The number of imidazole rings is 1. The Morgan fingerprint density at radius 1 is 1.24 bits per heavy atom. The minimum absolute atomic E-state index is 0.0300. The third kappa shape index (κ3) is 2.35. The van der Waals surface area contributed by atoms with Crippen LogP contribution in [0.2, 0.25) is 0 Å². The van der Waals surface area contributed by atoms with E-state index in [4.69, 9.17) is 4.98 Å². The second-order valence-electron chi connectivity index (χ2n) is 6.08. The van der Waals surface area contributed by atoms with Crippen molar-refractivity contribution in [1.29, 1.82) is 0 Å². The molecule has 0 fully saturated rings. The summed E-state index contributed by atoms with van der Waals surface area (Å²) < 4.78 is 3.95. The molecular weight excluding hydrogens is 334 g/mol. The molecule has 1 atom stereocenters. The molecule has 0 spiro atoms. The lowest BCUT2D eigenvalue weighted by Crippen LogP contribution is -2.21. The highest BCUT2D eigenvalue weighted by Gasteiger charge is 2.29. The first-order valence-corrected chi connectivity index (χ1v) is 8.98. The van der Waals surface area contributed by atoms with Crippen molar-refractivity contribution in [1.82, 2.24) is 24.5 Å². The monoisotopic (exact) mass is 349 g/mol. The Morgan fingerprint density at radius 3 is 3.08 bits per heavy atom. The van der Waals surface area contributed by atoms with Gasteiger partial charge >= 0.3 is 0 Å². The van der Waals surface area contributed by atoms with Crippen molar-refractivity contribution in [3.05, 3.63) is 71.3 Å². The van der Waals surface area contributed by atoms with E-state index in [-0.39, 0.29) is 11.8 Å². The molecule has 7 heteroatoms. The molecule has 3 aromatic heterocycles. The summed E-state index contributed by atoms with van der Waals surface area (Å²) in [7, 11) is 0. The van der Waals surface area contributed by atoms with Gasteiger partial charge in [-0.15, -0.1) is 11.3 Å². The molecule has 124 valence electrons. The number of nitrogens with one attached hydrogen (secondary N) is 1. The molecule has 1 amide bonds. The first-order chi connectivity index (χ1) is 12.3. The van der Waals surface area contributed by atoms with Gasteiger partial charge in [-0.2, -0.15) is 5.10 Å². The number of carbonyl (C=O) groups is 1. The van der Waals surface area contributed by atoms with Gasteiger partial charge in [0.15, 0.2) is 4.96 Å². The van der Waals surface area contributed by atoms with Gasteiger partial charge in [0.25, 0.3) is 0 Å². The van der Waals surface area contributed by atoms with Gasteiger partial charge in [0.1, 0.15) is 0 Å². The highest BCUT2D eigenvalue weighted by Crippen LogP contribution is 2.34. The summed E-state index contributed by atoms with van der Waals surface area (Å²) in [4.78, 5) is 17.9. The smallest absolute Gasteiger partial charge is 0.221 e. The van der Waals surface area contributed by atoms with Crippen molar-refractivity contribution in [2.45, 2.75) is 18.9 Å². The van der Waals surface area contributed by atoms with E-state index in [0.717, 1.165) is 27.6 Å². The zero-order chi connectivity index (χ0) is 16.8. The Balaban J connectivity index is 1.68. The number of nitrogens with zero attached hydrogens (tertiary/aromatic N) is 4. The van der Waals surface area contributed by atoms with Crippen LogP contribution < -0.4 is 5.32 Å². The molecule has 1 N–H and O–H groups in total. The van der Waals surface area contributed by atoms with Gasteiger partial charge in [-0.25, -0.2) is 9.67 Å². The highest BCUT2D eigenvalue weighted by molar-refractivity contribution is 7.15. The lowest BCUT2D eigenvalue weighted by Gasteiger charge is -2.16. The Kier molecular flexibility index (Phi) is 3.21. The van der Waals surface area contributed by atoms with Crippen molar-refractivity contribution in [3.8, 4) is 5.69 Å². The molecule has 0 saturated heterocycles. The van der Waals surface area contributed by atoms with E-state index >= 15 is 0 Å². The first kappa shape index (κ1) is 14.4. The third-order valence-corrected chi connectivity index (χ3v) is 5.35. The van der Waals surface area contributed by atoms with E-state index < -0.39 is 0 Å². The molecule has 0 saturated carbocycles. The van der Waals surface area contributed by atoms with Crippen LogP contribution in [0.15, 0.2) is 54.3 Å². The van der Waals surface area contributed by atoms with E-state index in [1.54, 1.807) is 17.5 Å². The SMILES string of the molecule is O=C1C[C@@H](c2cccc(-n3cccn3)c2)c2c(nc3sccn23)CN1. The predicted octanol–water partition coefficient (Wildman–Crippen LogP) is 2.73. The molecule has 1 aromatic carbocycles. The van der Waals surface area contributed by atoms with Gasteiger partial charge in [-0.1, -0.05) is 12.1 Å². The zero-order valence-electron chi connectivity index (χ0n) is 13.3. The molecule has 4 aromatic rings. The quantitative estimate of drug-likeness (QED) is 0.605. The number of amides is 1. The van der Waals surface area contributed by atoms with Crippen LogP contribution in [0.25, 0.3) is 10.6 Å². The normalized spacial score (nSPS) is 17.3. The summed E-state index contributed by atoms with van der Waals surface area (Å²) in [6.07, 6.45) is 6.13. The molecule has 0 unspecified atom stereocenters. The number of thiazole rings is 1. The maximum absolute atomic E-state index is 12.3. The summed E-state index contributed by atoms with van der Waals surface area (Å²) >= 11 is 1.61. The topological polar surface area (TPSA) is 64.2 Å². The van der Waals surface area contributed by atoms with E-state index in [1.165, 1.54) is 0 Å². The van der Waals surface area contributed by atoms with Gasteiger partial charge in [0, 0.05) is 36.3 Å². The fourth-order valence-electron chi connectivity index (χ4n) is 3.46. The minimum atomic E-state index is -0.0300. The van der Waals surface area contributed by atoms with Crippen molar-refractivity contribution in [2.75, 3.05) is 0 Å². The second kappa shape index (κ2) is 5.56. The van der Waals surface area contributed by atoms with Crippen LogP contribution >= 0.6 is 11.3 Å². The van der Waals surface area contributed by atoms with Crippen molar-refractivity contribution in [2.24, 2.45) is 0 Å². The molecule has 0 aliphatic carbocycles. The molecule has 6 nitrogen and oxygen atoms in total. The minimum Gasteiger partial charge on any atom is -0.350 e. The first-order valence-electron chi connectivity index (χ1n) is 8.10. The average Bonchev–Trinajstić information content (AvgIpc) is 3.34. The summed E-state index contributed by atoms with van der Waals surface area (Å²) in [6.45, 7) is 0.484. The Labute approximate surface area is 147 Å². The summed E-state index contributed by atoms with van der Waals surface area (Å²) in [5.41, 5.74) is 4.14. The standard InChI is InChI=1S/C18H15N5OS/c24-16-10-14(12-3-1-4-13(9-12)23-6-2-5-20-23)17-15(11-19-16)21-18-22(17)7-8-25-18/h1-9,14H,10-11H2,(H,19,24)/t14-/m0/s1. The third-order valence-electron chi connectivity index (χ3n) is 4.59. The van der Waals surface area contributed by atoms with E-state index in [9.17, 15) is 4.79 Å². The molecule has 1 aliphatic heterocycles. The fraction of sp³-hybridized carbons (Fsp3) is 0.167. The Bertz CT molecular complexity index is 1060. The summed E-state index contributed by atoms with van der Waals surface area (Å²) in [5, 5.41) is 9.30. The summed E-state index contributed by atoms with van der Waals surface area (Å²) in [5.74, 6) is 0.0223. The molecule has 0 bridgehead atoms. The number of fused-ring (bicyclic) bond motifs is 3. The van der Waals surface area contributed by atoms with E-state index in [0.29, 0.717) is 13.0 Å². The Hall–Kier alpha value is -2.93.